The van der Waals surface area contributed by atoms with E-state index in [-0.39, 0.29) is 0 Å². The average Bonchev–Trinajstić information content (AvgIpc) is 1.70. The van der Waals surface area contributed by atoms with Crippen molar-refractivity contribution in [1.82, 2.24) is 118 Å². The van der Waals surface area contributed by atoms with Crippen molar-refractivity contribution in [2.24, 2.45) is 0 Å². The fraction of sp³-hybridized carbons (Fsp3) is 0.211. The van der Waals surface area contributed by atoms with E-state index < -0.39 is 0 Å². The van der Waals surface area contributed by atoms with Gasteiger partial charge in [0.15, 0.2) is 22.6 Å². The van der Waals surface area contributed by atoms with Crippen LogP contribution in [0.25, 0.3) is 269 Å². The van der Waals surface area contributed by atoms with E-state index in [4.69, 9.17) is 111 Å². The number of aryl methyl sites for hydroxylation is 3. The molecule has 0 radical (unpaired) electrons. The second kappa shape index (κ2) is 35.5. The predicted octanol–water partition coefficient (Wildman–Crippen LogP) is 26.8. The number of hydrogen-bond acceptors (Lipinski definition) is 23. The van der Waals surface area contributed by atoms with Crippen LogP contribution in [0.1, 0.15) is 147 Å². The highest BCUT2D eigenvalue weighted by Crippen LogP contribution is 2.41. The Morgan fingerprint density at radius 3 is 0.759 bits per heavy atom. The van der Waals surface area contributed by atoms with Gasteiger partial charge in [0.05, 0.1) is 129 Å². The summed E-state index contributed by atoms with van der Waals surface area (Å²) in [4.78, 5) is 111. The molecule has 27 aromatic rings. The van der Waals surface area contributed by atoms with Gasteiger partial charge in [0, 0.05) is 70.5 Å². The third-order valence-electron chi connectivity index (χ3n) is 27.3. The monoisotopic (exact) mass is 1830 g/mol. The molecule has 27 nitrogen and oxygen atoms in total. The number of fused-ring (bicyclic) bond motifs is 33. The molecule has 15 aromatic heterocycles. The van der Waals surface area contributed by atoms with Gasteiger partial charge in [-0.05, 0) is 159 Å². The van der Waals surface area contributed by atoms with Crippen molar-refractivity contribution in [1.29, 1.82) is 10.5 Å². The summed E-state index contributed by atoms with van der Waals surface area (Å²) in [6.45, 7) is 17.0. The van der Waals surface area contributed by atoms with Gasteiger partial charge in [0.2, 0.25) is 0 Å². The summed E-state index contributed by atoms with van der Waals surface area (Å²) in [5.74, 6) is 0. The van der Waals surface area contributed by atoms with Crippen LogP contribution in [-0.4, -0.2) is 118 Å². The lowest BCUT2D eigenvalue weighted by molar-refractivity contribution is 0.564. The van der Waals surface area contributed by atoms with E-state index in [9.17, 15) is 10.5 Å². The minimum Gasteiger partial charge on any atom is -0.331 e. The predicted molar refractivity (Wildman–Crippen MR) is 563 cm³/mol. The minimum absolute atomic E-state index is 0.455. The van der Waals surface area contributed by atoms with Gasteiger partial charge in [-0.15, -0.1) is 0 Å². The lowest BCUT2D eigenvalue weighted by Gasteiger charge is -2.12. The summed E-state index contributed by atoms with van der Waals surface area (Å²) in [7, 11) is 0. The Labute approximate surface area is 803 Å². The van der Waals surface area contributed by atoms with Gasteiger partial charge >= 0.3 is 0 Å². The molecule has 0 aliphatic carbocycles. The fourth-order valence-corrected chi connectivity index (χ4v) is 20.0. The molecule has 0 aliphatic rings. The minimum atomic E-state index is 0.455. The van der Waals surface area contributed by atoms with Crippen LogP contribution in [0, 0.1) is 29.2 Å². The van der Waals surface area contributed by atoms with E-state index in [1.54, 1.807) is 54.6 Å². The summed E-state index contributed by atoms with van der Waals surface area (Å²) < 4.78 is 6.80. The van der Waals surface area contributed by atoms with Crippen molar-refractivity contribution < 1.29 is 0 Å². The summed E-state index contributed by atoms with van der Waals surface area (Å²) in [5, 5.41) is 24.9. The standard InChI is InChI=1S/C45H21N9.C42H57N9.C27H9N9/c1-4-10-28-22(7-1)13-25-16-34-37(19-31(25)46-28)52-43-40(49-34)41-44(53-38-20-32-26(17-35(38)50-41)14-23-8-2-5-11-29(23)47-32)45-42(43)51-36-18-27-15-24-9-3-6-12-30(24)48-33(27)21-39(36)54-45;1-4-7-10-13-16-19-25-49-28-22-31-40(49)46-37-34(43-31)35-38(47-41-32(44-35)23-29-50(41)26-20-17-14-11-8-5-2)39-36(37)45-33-24-30-51(42(33)48-39)27-21-18-15-12-9-6-3;1-30-15-4-7-18-21(10-15)36-27-23-25(34-20-9-14(12-29)3-6-17(20)32-23)22-26(24(27)33-18)35-19-8-13(11-28)2-5-16(19)31-22/h1-21H;22-24,28-30H,4-21,25-27H2,1-3H3;2-10H. The quantitative estimate of drug-likeness (QED) is 0.0279. The topological polar surface area (TPSA) is 337 Å². The van der Waals surface area contributed by atoms with Crippen molar-refractivity contribution in [3.63, 3.8) is 0 Å². The number of benzene rings is 12. The molecule has 27 heteroatoms. The number of aromatic nitrogens is 24. The normalized spacial score (nSPS) is 12.1. The molecule has 0 bridgehead atoms. The first-order chi connectivity index (χ1) is 69.5. The Balaban J connectivity index is 0.000000114. The van der Waals surface area contributed by atoms with Crippen LogP contribution < -0.4 is 0 Å². The first kappa shape index (κ1) is 85.1. The van der Waals surface area contributed by atoms with Crippen LogP contribution in [-0.2, 0) is 19.6 Å². The van der Waals surface area contributed by atoms with Crippen LogP contribution in [0.4, 0.5) is 5.69 Å². The molecule has 12 aromatic carbocycles. The number of nitrogens with zero attached hydrogens (tertiary/aromatic N) is 27. The van der Waals surface area contributed by atoms with E-state index in [0.29, 0.717) is 133 Å². The molecule has 141 heavy (non-hydrogen) atoms. The SMILES string of the molecule is CCCCCCCCn1ccc2nc3c4nc5ccn(CCCCCCCC)c5nc4c4nc5c(ccn5CCCCCCCC)nc4c3nc21.[C-]#[N+]c1ccc2nc3c4nc5cc(C#N)ccc5nc4c4nc5cc(C#N)ccc5nc4c3nc2c1.c1ccc2nc3cc4nc5c(nc4cc3cc2c1)c1nc2cc3cc4ccccc4nc3cc2nc1c1nc2cc3nc4ccccc4cc3cc2nc51. The van der Waals surface area contributed by atoms with Gasteiger partial charge < -0.3 is 13.7 Å². The highest BCUT2D eigenvalue weighted by Gasteiger charge is 2.27. The third kappa shape index (κ3) is 15.4. The van der Waals surface area contributed by atoms with E-state index in [2.05, 4.69) is 143 Å². The molecule has 15 heterocycles. The lowest BCUT2D eigenvalue weighted by atomic mass is 10.1. The zero-order valence-electron chi connectivity index (χ0n) is 77.7. The Morgan fingerprint density at radius 1 is 0.213 bits per heavy atom. The molecular weight excluding hydrogens is 1750 g/mol. The Morgan fingerprint density at radius 2 is 0.461 bits per heavy atom. The first-order valence-electron chi connectivity index (χ1n) is 48.8. The number of hydrogen-bond donors (Lipinski definition) is 0. The molecule has 0 aliphatic heterocycles. The van der Waals surface area contributed by atoms with Crippen molar-refractivity contribution in [2.75, 3.05) is 0 Å². The second-order valence-corrected chi connectivity index (χ2v) is 36.8. The van der Waals surface area contributed by atoms with E-state index in [1.165, 1.54) is 96.3 Å². The molecule has 0 saturated carbocycles. The Hall–Kier alpha value is -17.6. The number of pyridine rings is 3. The molecule has 0 atom stereocenters. The number of unbranched alkanes of at least 4 members (excludes halogenated alkanes) is 15. The highest BCUT2D eigenvalue weighted by atomic mass is 15.1. The summed E-state index contributed by atoms with van der Waals surface area (Å²) in [6, 6.07) is 68.9. The van der Waals surface area contributed by atoms with Gasteiger partial charge in [0.25, 0.3) is 0 Å². The molecule has 0 amide bonds. The summed E-state index contributed by atoms with van der Waals surface area (Å²) in [5.41, 5.74) is 31.0. The lowest BCUT2D eigenvalue weighted by Crippen LogP contribution is -2.03. The van der Waals surface area contributed by atoms with Crippen LogP contribution in [0.3, 0.4) is 0 Å². The maximum Gasteiger partial charge on any atom is 0.189 e. The zero-order valence-corrected chi connectivity index (χ0v) is 77.7. The highest BCUT2D eigenvalue weighted by molar-refractivity contribution is 6.25. The van der Waals surface area contributed by atoms with E-state index >= 15 is 0 Å². The van der Waals surface area contributed by atoms with E-state index in [0.717, 1.165) is 187 Å². The van der Waals surface area contributed by atoms with Crippen molar-refractivity contribution >= 4 is 270 Å². The van der Waals surface area contributed by atoms with Gasteiger partial charge in [-0.3, -0.25) is 0 Å². The molecule has 0 fully saturated rings. The van der Waals surface area contributed by atoms with Crippen LogP contribution >= 0.6 is 0 Å². The second-order valence-electron chi connectivity index (χ2n) is 36.8. The molecule has 27 rings (SSSR count). The van der Waals surface area contributed by atoms with Crippen molar-refractivity contribution in [3.05, 3.63) is 241 Å². The van der Waals surface area contributed by atoms with Crippen LogP contribution in [0.15, 0.2) is 219 Å². The smallest absolute Gasteiger partial charge is 0.189 e. The maximum absolute atomic E-state index is 9.35. The number of para-hydroxylation sites is 3. The van der Waals surface area contributed by atoms with Crippen LogP contribution in [0.2, 0.25) is 0 Å². The molecule has 0 spiro atoms. The third-order valence-corrected chi connectivity index (χ3v) is 27.3. The average molecular weight is 1840 g/mol. The molecule has 0 unspecified atom stereocenters. The maximum atomic E-state index is 9.35. The van der Waals surface area contributed by atoms with Crippen molar-refractivity contribution in [3.8, 4) is 12.1 Å². The largest absolute Gasteiger partial charge is 0.331 e. The Kier molecular flexibility index (Phi) is 21.4. The first-order valence-corrected chi connectivity index (χ1v) is 48.8. The van der Waals surface area contributed by atoms with Crippen molar-refractivity contribution in [2.45, 2.75) is 156 Å². The van der Waals surface area contributed by atoms with Gasteiger partial charge in [0.1, 0.15) is 116 Å². The Bertz CT molecular complexity index is 9130. The molecular formula is C114H87N27. The van der Waals surface area contributed by atoms with Gasteiger partial charge in [-0.25, -0.2) is 110 Å². The zero-order chi connectivity index (χ0) is 94.5. The molecule has 0 saturated heterocycles. The van der Waals surface area contributed by atoms with Gasteiger partial charge in [-0.1, -0.05) is 178 Å². The number of nitriles is 2. The summed E-state index contributed by atoms with van der Waals surface area (Å²) in [6.07, 6.45) is 29.1. The fourth-order valence-electron chi connectivity index (χ4n) is 20.0. The molecule has 678 valence electrons. The van der Waals surface area contributed by atoms with Gasteiger partial charge in [-0.2, -0.15) is 10.5 Å². The van der Waals surface area contributed by atoms with E-state index in [1.807, 2.05) is 72.8 Å². The van der Waals surface area contributed by atoms with Crippen LogP contribution in [0.5, 0.6) is 0 Å². The number of rotatable bonds is 21. The molecule has 0 N–H and O–H groups in total. The summed E-state index contributed by atoms with van der Waals surface area (Å²) >= 11 is 0.